The molecule has 2 aliphatic heterocycles. The van der Waals surface area contributed by atoms with Crippen molar-refractivity contribution in [1.82, 2.24) is 15.1 Å². The van der Waals surface area contributed by atoms with Crippen LogP contribution in [0.25, 0.3) is 0 Å². The number of aliphatic imine (C=N–C) groups is 1. The van der Waals surface area contributed by atoms with Gasteiger partial charge in [-0.1, -0.05) is 6.42 Å². The molecular formula is C23H40IN5O2. The van der Waals surface area contributed by atoms with Crippen molar-refractivity contribution in [3.63, 3.8) is 0 Å². The molecule has 0 amide bonds. The molecule has 0 atom stereocenters. The number of hydrogen-bond donors (Lipinski definition) is 2. The molecule has 8 heteroatoms. The number of rotatable bonds is 7. The van der Waals surface area contributed by atoms with E-state index in [1.54, 1.807) is 14.2 Å². The summed E-state index contributed by atoms with van der Waals surface area (Å²) in [6.07, 6.45) is 6.35. The van der Waals surface area contributed by atoms with Gasteiger partial charge in [0.05, 0.1) is 20.8 Å². The lowest BCUT2D eigenvalue weighted by Crippen LogP contribution is -2.58. The molecule has 0 aromatic heterocycles. The predicted octanol–water partition coefficient (Wildman–Crippen LogP) is 3.65. The zero-order chi connectivity index (χ0) is 21.4. The van der Waals surface area contributed by atoms with Gasteiger partial charge in [-0.15, -0.1) is 24.0 Å². The van der Waals surface area contributed by atoms with Crippen LogP contribution in [0.1, 0.15) is 39.0 Å². The highest BCUT2D eigenvalue weighted by Crippen LogP contribution is 2.32. The normalized spacial score (nSPS) is 19.9. The minimum atomic E-state index is 0. The van der Waals surface area contributed by atoms with Gasteiger partial charge in [0.2, 0.25) is 0 Å². The fraction of sp³-hybridized carbons (Fsp3) is 0.696. The van der Waals surface area contributed by atoms with Crippen LogP contribution in [-0.4, -0.2) is 81.8 Å². The highest BCUT2D eigenvalue weighted by Gasteiger charge is 2.39. The number of piperidine rings is 2. The molecule has 0 radical (unpaired) electrons. The van der Waals surface area contributed by atoms with Crippen LogP contribution in [0.3, 0.4) is 0 Å². The highest BCUT2D eigenvalue weighted by atomic mass is 127. The van der Waals surface area contributed by atoms with Gasteiger partial charge in [0, 0.05) is 23.8 Å². The van der Waals surface area contributed by atoms with Crippen LogP contribution < -0.4 is 20.1 Å². The van der Waals surface area contributed by atoms with Gasteiger partial charge in [-0.2, -0.15) is 0 Å². The third kappa shape index (κ3) is 6.86. The van der Waals surface area contributed by atoms with E-state index >= 15 is 0 Å². The average Bonchev–Trinajstić information content (AvgIpc) is 2.79. The van der Waals surface area contributed by atoms with Gasteiger partial charge in [-0.25, -0.2) is 0 Å². The van der Waals surface area contributed by atoms with Gasteiger partial charge >= 0.3 is 0 Å². The number of guanidine groups is 1. The van der Waals surface area contributed by atoms with E-state index in [-0.39, 0.29) is 29.5 Å². The zero-order valence-electron chi connectivity index (χ0n) is 19.6. The summed E-state index contributed by atoms with van der Waals surface area (Å²) in [5, 5.41) is 6.85. The summed E-state index contributed by atoms with van der Waals surface area (Å²) in [5.41, 5.74) is 1.11. The number of nitrogens with one attached hydrogen (secondary N) is 2. The van der Waals surface area contributed by atoms with E-state index in [4.69, 9.17) is 14.5 Å². The Kier molecular flexibility index (Phi) is 10.6. The third-order valence-corrected chi connectivity index (χ3v) is 6.47. The Morgan fingerprint density at radius 2 is 1.71 bits per heavy atom. The summed E-state index contributed by atoms with van der Waals surface area (Å²) in [4.78, 5) is 10.2. The SMILES string of the molecule is CCNC(=NCC1(N2CCCCC2)CCN(C)CC1)Nc1ccc(OC)c(OC)c1.I. The Balaban J connectivity index is 0.00000341. The lowest BCUT2D eigenvalue weighted by atomic mass is 9.84. The average molecular weight is 546 g/mol. The number of halogens is 1. The van der Waals surface area contributed by atoms with Crippen LogP contribution in [0, 0.1) is 0 Å². The predicted molar refractivity (Wildman–Crippen MR) is 139 cm³/mol. The Labute approximate surface area is 205 Å². The molecule has 2 saturated heterocycles. The van der Waals surface area contributed by atoms with Crippen molar-refractivity contribution < 1.29 is 9.47 Å². The Morgan fingerprint density at radius 3 is 2.32 bits per heavy atom. The van der Waals surface area contributed by atoms with Crippen molar-refractivity contribution in [3.05, 3.63) is 18.2 Å². The fourth-order valence-corrected chi connectivity index (χ4v) is 4.56. The van der Waals surface area contributed by atoms with Crippen molar-refractivity contribution in [2.45, 2.75) is 44.6 Å². The number of nitrogens with zero attached hydrogens (tertiary/aromatic N) is 3. The molecule has 0 spiro atoms. The van der Waals surface area contributed by atoms with Gasteiger partial charge in [0.1, 0.15) is 0 Å². The number of benzene rings is 1. The minimum absolute atomic E-state index is 0. The first kappa shape index (κ1) is 26.0. The van der Waals surface area contributed by atoms with Gasteiger partial charge in [0.25, 0.3) is 0 Å². The van der Waals surface area contributed by atoms with Crippen molar-refractivity contribution in [1.29, 1.82) is 0 Å². The first-order valence-electron chi connectivity index (χ1n) is 11.3. The Bertz CT molecular complexity index is 701. The number of anilines is 1. The Morgan fingerprint density at radius 1 is 1.03 bits per heavy atom. The maximum Gasteiger partial charge on any atom is 0.195 e. The summed E-state index contributed by atoms with van der Waals surface area (Å²) in [7, 11) is 5.54. The molecule has 176 valence electrons. The molecule has 7 nitrogen and oxygen atoms in total. The van der Waals surface area contributed by atoms with Gasteiger partial charge in [-0.3, -0.25) is 9.89 Å². The lowest BCUT2D eigenvalue weighted by molar-refractivity contribution is 0.0208. The van der Waals surface area contributed by atoms with Crippen molar-refractivity contribution in [2.24, 2.45) is 4.99 Å². The minimum Gasteiger partial charge on any atom is -0.493 e. The van der Waals surface area contributed by atoms with Crippen LogP contribution >= 0.6 is 24.0 Å². The monoisotopic (exact) mass is 545 g/mol. The van der Waals surface area contributed by atoms with Crippen LogP contribution in [-0.2, 0) is 0 Å². The van der Waals surface area contributed by atoms with Crippen molar-refractivity contribution in [3.8, 4) is 11.5 Å². The van der Waals surface area contributed by atoms with E-state index in [9.17, 15) is 0 Å². The molecule has 2 N–H and O–H groups in total. The number of likely N-dealkylation sites (tertiary alicyclic amines) is 2. The zero-order valence-corrected chi connectivity index (χ0v) is 21.9. The standard InChI is InChI=1S/C23H39N5O2.HI/c1-5-24-22(26-19-9-10-20(29-3)21(17-19)30-4)25-18-23(11-15-27(2)16-12-23)28-13-7-6-8-14-28;/h9-10,17H,5-8,11-16,18H2,1-4H3,(H2,24,25,26);1H. The van der Waals surface area contributed by atoms with Crippen LogP contribution in [0.4, 0.5) is 5.69 Å². The smallest absolute Gasteiger partial charge is 0.195 e. The fourth-order valence-electron chi connectivity index (χ4n) is 4.56. The quantitative estimate of drug-likeness (QED) is 0.310. The number of ether oxygens (including phenoxy) is 2. The van der Waals surface area contributed by atoms with Crippen LogP contribution in [0.2, 0.25) is 0 Å². The molecule has 31 heavy (non-hydrogen) atoms. The summed E-state index contributed by atoms with van der Waals surface area (Å²) >= 11 is 0. The summed E-state index contributed by atoms with van der Waals surface area (Å²) in [6, 6.07) is 5.85. The second-order valence-corrected chi connectivity index (χ2v) is 8.47. The number of hydrogen-bond acceptors (Lipinski definition) is 5. The molecule has 0 unspecified atom stereocenters. The molecule has 0 aliphatic carbocycles. The molecule has 2 heterocycles. The van der Waals surface area contributed by atoms with E-state index in [1.165, 1.54) is 45.2 Å². The second kappa shape index (κ2) is 12.7. The van der Waals surface area contributed by atoms with Crippen LogP contribution in [0.5, 0.6) is 11.5 Å². The first-order chi connectivity index (χ1) is 14.6. The first-order valence-corrected chi connectivity index (χ1v) is 11.3. The van der Waals surface area contributed by atoms with Crippen molar-refractivity contribution >= 4 is 35.6 Å². The highest BCUT2D eigenvalue weighted by molar-refractivity contribution is 14.0. The van der Waals surface area contributed by atoms with Gasteiger partial charge in [-0.05, 0) is 78.0 Å². The maximum absolute atomic E-state index is 5.44. The van der Waals surface area contributed by atoms with E-state index in [2.05, 4.69) is 34.4 Å². The molecule has 0 saturated carbocycles. The molecule has 2 fully saturated rings. The Hall–Kier alpha value is -1.26. The molecule has 2 aliphatic rings. The molecule has 1 aromatic carbocycles. The molecule has 3 rings (SSSR count). The summed E-state index contributed by atoms with van der Waals surface area (Å²) in [6.45, 7) is 8.44. The summed E-state index contributed by atoms with van der Waals surface area (Å²) < 4.78 is 10.8. The van der Waals surface area contributed by atoms with Gasteiger partial charge in [0.15, 0.2) is 17.5 Å². The second-order valence-electron chi connectivity index (χ2n) is 8.47. The molecular weight excluding hydrogens is 505 g/mol. The van der Waals surface area contributed by atoms with Crippen molar-refractivity contribution in [2.75, 3.05) is 65.9 Å². The van der Waals surface area contributed by atoms with E-state index in [1.807, 2.05) is 18.2 Å². The number of methoxy groups -OCH3 is 2. The van der Waals surface area contributed by atoms with E-state index < -0.39 is 0 Å². The topological polar surface area (TPSA) is 61.4 Å². The van der Waals surface area contributed by atoms with Gasteiger partial charge < -0.3 is 25.0 Å². The maximum atomic E-state index is 5.44. The van der Waals surface area contributed by atoms with Crippen LogP contribution in [0.15, 0.2) is 23.2 Å². The summed E-state index contributed by atoms with van der Waals surface area (Å²) in [5.74, 6) is 2.25. The third-order valence-electron chi connectivity index (χ3n) is 6.47. The van der Waals surface area contributed by atoms with E-state index in [0.29, 0.717) is 5.75 Å². The lowest BCUT2D eigenvalue weighted by Gasteiger charge is -2.49. The molecule has 0 bridgehead atoms. The van der Waals surface area contributed by atoms with E-state index in [0.717, 1.165) is 43.6 Å². The molecule has 1 aromatic rings. The largest absolute Gasteiger partial charge is 0.493 e.